The third-order valence-corrected chi connectivity index (χ3v) is 7.42. The van der Waals surface area contributed by atoms with Crippen molar-refractivity contribution < 1.29 is 4.79 Å². The zero-order valence-corrected chi connectivity index (χ0v) is 19.5. The summed E-state index contributed by atoms with van der Waals surface area (Å²) >= 11 is 1.51. The van der Waals surface area contributed by atoms with E-state index in [0.717, 1.165) is 66.3 Å². The second kappa shape index (κ2) is 8.71. The number of fused-ring (bicyclic) bond motifs is 1. The van der Waals surface area contributed by atoms with Gasteiger partial charge in [-0.05, 0) is 17.4 Å². The van der Waals surface area contributed by atoms with Gasteiger partial charge in [0.1, 0.15) is 17.0 Å². The summed E-state index contributed by atoms with van der Waals surface area (Å²) in [6.07, 6.45) is 7.52. The van der Waals surface area contributed by atoms with Crippen LogP contribution < -0.4 is 10.2 Å². The monoisotopic (exact) mass is 447 g/mol. The minimum Gasteiger partial charge on any atom is -0.353 e. The number of allylic oxidation sites excluding steroid dienone is 2. The van der Waals surface area contributed by atoms with Crippen LogP contribution in [0, 0.1) is 5.41 Å². The summed E-state index contributed by atoms with van der Waals surface area (Å²) < 4.78 is 0. The van der Waals surface area contributed by atoms with E-state index in [0.29, 0.717) is 6.42 Å². The Hall–Kier alpha value is -2.64. The van der Waals surface area contributed by atoms with E-state index in [9.17, 15) is 4.79 Å². The molecule has 0 bridgehead atoms. The van der Waals surface area contributed by atoms with Crippen LogP contribution in [0.4, 0.5) is 11.5 Å². The molecule has 7 heteroatoms. The minimum atomic E-state index is -0.0182. The molecule has 0 radical (unpaired) electrons. The van der Waals surface area contributed by atoms with E-state index < -0.39 is 0 Å². The second-order valence-corrected chi connectivity index (χ2v) is 10.5. The minimum absolute atomic E-state index is 0.0182. The van der Waals surface area contributed by atoms with Gasteiger partial charge in [0.25, 0.3) is 0 Å². The molecule has 1 saturated heterocycles. The highest BCUT2D eigenvalue weighted by Gasteiger charge is 2.37. The molecule has 0 spiro atoms. The molecule has 0 amide bonds. The zero-order valence-electron chi connectivity index (χ0n) is 18.7. The van der Waals surface area contributed by atoms with Crippen LogP contribution in [-0.2, 0) is 4.79 Å². The first-order chi connectivity index (χ1) is 15.5. The molecule has 1 fully saturated rings. The summed E-state index contributed by atoms with van der Waals surface area (Å²) in [6.45, 7) is 9.09. The number of rotatable bonds is 4. The van der Waals surface area contributed by atoms with Crippen LogP contribution in [0.25, 0.3) is 6.08 Å². The average Bonchev–Trinajstić information content (AvgIpc) is 2.78. The summed E-state index contributed by atoms with van der Waals surface area (Å²) in [5.74, 6) is 1.17. The number of nitrogens with one attached hydrogen (secondary N) is 1. The van der Waals surface area contributed by atoms with Crippen molar-refractivity contribution in [3.8, 4) is 0 Å². The number of thioether (sulfide) groups is 1. The highest BCUT2D eigenvalue weighted by molar-refractivity contribution is 8.04. The maximum Gasteiger partial charge on any atom is 0.171 e. The van der Waals surface area contributed by atoms with Crippen molar-refractivity contribution in [2.24, 2.45) is 5.41 Å². The molecule has 166 valence electrons. The third kappa shape index (κ3) is 4.45. The van der Waals surface area contributed by atoms with Gasteiger partial charge in [-0.1, -0.05) is 68.1 Å². The topological polar surface area (TPSA) is 61.4 Å². The smallest absolute Gasteiger partial charge is 0.171 e. The maximum atomic E-state index is 12.7. The first-order valence-corrected chi connectivity index (χ1v) is 12.1. The summed E-state index contributed by atoms with van der Waals surface area (Å²) in [5, 5.41) is 4.42. The maximum absolute atomic E-state index is 12.7. The van der Waals surface area contributed by atoms with Gasteiger partial charge in [0.05, 0.1) is 4.91 Å². The molecular formula is C25H29N5OS. The Morgan fingerprint density at radius 2 is 1.88 bits per heavy atom. The third-order valence-electron chi connectivity index (χ3n) is 6.23. The molecule has 2 aromatic rings. The molecular weight excluding hydrogens is 418 g/mol. The Labute approximate surface area is 193 Å². The quantitative estimate of drug-likeness (QED) is 0.696. The lowest BCUT2D eigenvalue weighted by Crippen LogP contribution is -2.47. The normalized spacial score (nSPS) is 20.8. The van der Waals surface area contributed by atoms with Crippen molar-refractivity contribution in [2.75, 3.05) is 42.9 Å². The number of ketones is 1. The average molecular weight is 448 g/mol. The second-order valence-electron chi connectivity index (χ2n) is 9.45. The molecule has 0 unspecified atom stereocenters. The standard InChI is InChI=1S/C25H29N5OS/c1-25(2)15-19-22(20(31)16-25)32-24-21(28-19)23(26-17-27-24)30-13-11-29(12-14-30)10-6-9-18-7-4-3-5-8-18/h3-9,17,28H,10-16H2,1-2H3. The molecule has 6 nitrogen and oxygen atoms in total. The Morgan fingerprint density at radius 1 is 1.09 bits per heavy atom. The highest BCUT2D eigenvalue weighted by Crippen LogP contribution is 2.49. The SMILES string of the molecule is CC1(C)CC(=O)C2=C(C1)Nc1c(ncnc1N1CCN(CC=Cc3ccccc3)CC1)S2. The van der Waals surface area contributed by atoms with Gasteiger partial charge in [-0.15, -0.1) is 0 Å². The lowest BCUT2D eigenvalue weighted by atomic mass is 9.78. The van der Waals surface area contributed by atoms with Gasteiger partial charge >= 0.3 is 0 Å². The van der Waals surface area contributed by atoms with E-state index in [1.807, 2.05) is 6.07 Å². The lowest BCUT2D eigenvalue weighted by molar-refractivity contribution is -0.117. The van der Waals surface area contributed by atoms with E-state index in [2.05, 4.69) is 75.3 Å². The van der Waals surface area contributed by atoms with E-state index in [1.165, 1.54) is 17.3 Å². The Kier molecular flexibility index (Phi) is 5.78. The number of hydrogen-bond acceptors (Lipinski definition) is 7. The highest BCUT2D eigenvalue weighted by atomic mass is 32.2. The van der Waals surface area contributed by atoms with Crippen molar-refractivity contribution >= 4 is 35.1 Å². The van der Waals surface area contributed by atoms with Gasteiger partial charge in [0.15, 0.2) is 11.6 Å². The molecule has 3 heterocycles. The van der Waals surface area contributed by atoms with Gasteiger partial charge in [0.2, 0.25) is 0 Å². The molecule has 5 rings (SSSR count). The number of nitrogens with zero attached hydrogens (tertiary/aromatic N) is 4. The fraction of sp³-hybridized carbons (Fsp3) is 0.400. The number of carbonyl (C=O) groups excluding carboxylic acids is 1. The molecule has 1 aliphatic carbocycles. The first kappa shape index (κ1) is 21.2. The summed E-state index contributed by atoms with van der Waals surface area (Å²) in [4.78, 5) is 27.4. The van der Waals surface area contributed by atoms with Gasteiger partial charge in [-0.3, -0.25) is 9.69 Å². The van der Waals surface area contributed by atoms with E-state index >= 15 is 0 Å². The fourth-order valence-corrected chi connectivity index (χ4v) is 5.57. The van der Waals surface area contributed by atoms with Crippen molar-refractivity contribution in [3.05, 3.63) is 58.9 Å². The Balaban J connectivity index is 1.25. The zero-order chi connectivity index (χ0) is 22.1. The van der Waals surface area contributed by atoms with Crippen LogP contribution in [0.1, 0.15) is 32.3 Å². The molecule has 3 aliphatic rings. The molecule has 0 saturated carbocycles. The van der Waals surface area contributed by atoms with Crippen LogP contribution >= 0.6 is 11.8 Å². The van der Waals surface area contributed by atoms with Crippen molar-refractivity contribution in [3.63, 3.8) is 0 Å². The van der Waals surface area contributed by atoms with Crippen LogP contribution in [0.3, 0.4) is 0 Å². The van der Waals surface area contributed by atoms with Crippen molar-refractivity contribution in [1.29, 1.82) is 0 Å². The van der Waals surface area contributed by atoms with Crippen LogP contribution in [0.2, 0.25) is 0 Å². The van der Waals surface area contributed by atoms with Crippen LogP contribution in [0.15, 0.2) is 58.4 Å². The number of carbonyl (C=O) groups is 1. The number of aromatic nitrogens is 2. The number of anilines is 2. The number of hydrogen-bond donors (Lipinski definition) is 1. The molecule has 1 N–H and O–H groups in total. The van der Waals surface area contributed by atoms with E-state index in [1.54, 1.807) is 6.33 Å². The van der Waals surface area contributed by atoms with Gasteiger partial charge in [0, 0.05) is 44.8 Å². The van der Waals surface area contributed by atoms with Crippen molar-refractivity contribution in [1.82, 2.24) is 14.9 Å². The van der Waals surface area contributed by atoms with Gasteiger partial charge < -0.3 is 10.2 Å². The first-order valence-electron chi connectivity index (χ1n) is 11.2. The molecule has 1 aromatic carbocycles. The number of benzene rings is 1. The fourth-order valence-electron chi connectivity index (χ4n) is 4.60. The lowest BCUT2D eigenvalue weighted by Gasteiger charge is -2.38. The summed E-state index contributed by atoms with van der Waals surface area (Å²) in [7, 11) is 0. The van der Waals surface area contributed by atoms with Crippen LogP contribution in [-0.4, -0.2) is 53.4 Å². The van der Waals surface area contributed by atoms with E-state index in [-0.39, 0.29) is 11.2 Å². The summed E-state index contributed by atoms with van der Waals surface area (Å²) in [6, 6.07) is 10.4. The summed E-state index contributed by atoms with van der Waals surface area (Å²) in [5.41, 5.74) is 3.21. The van der Waals surface area contributed by atoms with Crippen molar-refractivity contribution in [2.45, 2.75) is 31.7 Å². The predicted molar refractivity (Wildman–Crippen MR) is 131 cm³/mol. The van der Waals surface area contributed by atoms with E-state index in [4.69, 9.17) is 0 Å². The predicted octanol–water partition coefficient (Wildman–Crippen LogP) is 4.43. The van der Waals surface area contributed by atoms with Gasteiger partial charge in [-0.2, -0.15) is 0 Å². The molecule has 1 aromatic heterocycles. The number of Topliss-reactive ketones (excluding diaryl/α,β-unsaturated/α-hetero) is 1. The van der Waals surface area contributed by atoms with Gasteiger partial charge in [-0.25, -0.2) is 9.97 Å². The molecule has 0 atom stereocenters. The molecule has 32 heavy (non-hydrogen) atoms. The largest absolute Gasteiger partial charge is 0.353 e. The Morgan fingerprint density at radius 3 is 2.66 bits per heavy atom. The Bertz CT molecular complexity index is 1070. The molecule has 2 aliphatic heterocycles. The van der Waals surface area contributed by atoms with Crippen LogP contribution in [0.5, 0.6) is 0 Å². The number of piperazine rings is 1.